The molecule has 1 saturated heterocycles. The first kappa shape index (κ1) is 26.8. The van der Waals surface area contributed by atoms with Gasteiger partial charge >= 0.3 is 0 Å². The molecular formula is C29H30FN3O5. The van der Waals surface area contributed by atoms with Crippen LogP contribution in [0.4, 0.5) is 4.39 Å². The predicted octanol–water partition coefficient (Wildman–Crippen LogP) is 3.34. The Bertz CT molecular complexity index is 1210. The van der Waals surface area contributed by atoms with E-state index in [0.29, 0.717) is 44.2 Å². The van der Waals surface area contributed by atoms with Gasteiger partial charge in [-0.1, -0.05) is 47.6 Å². The van der Waals surface area contributed by atoms with Gasteiger partial charge in [0.1, 0.15) is 18.2 Å². The standard InChI is InChI=1S/C29H30FN3O5/c30-25-10-6-23(7-11-25)20-38-32-27(18-22-4-2-1-3-5-22)24-8-12-26(13-9-24)37-21-28(34)31-19-29(35)33-14-16-36-17-15-33/h1-13H,14-21H2,(H,31,34). The Kier molecular flexibility index (Phi) is 9.81. The molecule has 1 aliphatic rings. The third-order valence-electron chi connectivity index (χ3n) is 5.89. The highest BCUT2D eigenvalue weighted by atomic mass is 19.1. The Hall–Kier alpha value is -4.24. The van der Waals surface area contributed by atoms with Gasteiger partial charge in [0.2, 0.25) is 5.91 Å². The van der Waals surface area contributed by atoms with Gasteiger partial charge < -0.3 is 24.5 Å². The zero-order valence-corrected chi connectivity index (χ0v) is 21.0. The van der Waals surface area contributed by atoms with Crippen LogP contribution in [0, 0.1) is 5.82 Å². The average Bonchev–Trinajstić information content (AvgIpc) is 2.96. The van der Waals surface area contributed by atoms with E-state index in [1.165, 1.54) is 12.1 Å². The third-order valence-corrected chi connectivity index (χ3v) is 5.89. The molecule has 0 spiro atoms. The van der Waals surface area contributed by atoms with Crippen LogP contribution >= 0.6 is 0 Å². The molecule has 0 radical (unpaired) electrons. The summed E-state index contributed by atoms with van der Waals surface area (Å²) in [6.45, 7) is 2.02. The fourth-order valence-corrected chi connectivity index (χ4v) is 3.78. The van der Waals surface area contributed by atoms with Gasteiger partial charge in [-0.3, -0.25) is 9.59 Å². The fourth-order valence-electron chi connectivity index (χ4n) is 3.78. The number of ether oxygens (including phenoxy) is 2. The zero-order valence-electron chi connectivity index (χ0n) is 21.0. The van der Waals surface area contributed by atoms with Gasteiger partial charge in [0.15, 0.2) is 6.61 Å². The van der Waals surface area contributed by atoms with E-state index in [4.69, 9.17) is 14.3 Å². The van der Waals surface area contributed by atoms with Crippen molar-refractivity contribution >= 4 is 17.5 Å². The average molecular weight is 520 g/mol. The molecule has 1 fully saturated rings. The fraction of sp³-hybridized carbons (Fsp3) is 0.276. The summed E-state index contributed by atoms with van der Waals surface area (Å²) in [4.78, 5) is 31.6. The lowest BCUT2D eigenvalue weighted by Crippen LogP contribution is -2.46. The van der Waals surface area contributed by atoms with Crippen LogP contribution in [-0.4, -0.2) is 61.9 Å². The maximum atomic E-state index is 13.2. The van der Waals surface area contributed by atoms with Crippen molar-refractivity contribution in [1.29, 1.82) is 0 Å². The molecule has 1 heterocycles. The van der Waals surface area contributed by atoms with Crippen LogP contribution in [0.1, 0.15) is 16.7 Å². The van der Waals surface area contributed by atoms with Crippen molar-refractivity contribution in [3.63, 3.8) is 0 Å². The molecule has 4 rings (SSSR count). The van der Waals surface area contributed by atoms with E-state index in [9.17, 15) is 14.0 Å². The summed E-state index contributed by atoms with van der Waals surface area (Å²) in [5.74, 6) is -0.313. The quantitative estimate of drug-likeness (QED) is 0.310. The van der Waals surface area contributed by atoms with Gasteiger partial charge in [-0.2, -0.15) is 0 Å². The van der Waals surface area contributed by atoms with Crippen molar-refractivity contribution in [2.45, 2.75) is 13.0 Å². The lowest BCUT2D eigenvalue weighted by atomic mass is 10.0. The minimum absolute atomic E-state index is 0.0711. The van der Waals surface area contributed by atoms with Gasteiger partial charge in [0.05, 0.1) is 25.5 Å². The number of rotatable bonds is 11. The van der Waals surface area contributed by atoms with Crippen molar-refractivity contribution < 1.29 is 28.3 Å². The van der Waals surface area contributed by atoms with Crippen LogP contribution in [0.2, 0.25) is 0 Å². The molecule has 9 heteroatoms. The molecule has 1 N–H and O–H groups in total. The summed E-state index contributed by atoms with van der Waals surface area (Å²) in [5.41, 5.74) is 3.42. The second-order valence-electron chi connectivity index (χ2n) is 8.68. The minimum atomic E-state index is -0.379. The third kappa shape index (κ3) is 8.41. The number of oxime groups is 1. The highest BCUT2D eigenvalue weighted by Gasteiger charge is 2.17. The Morgan fingerprint density at radius 2 is 1.63 bits per heavy atom. The van der Waals surface area contributed by atoms with Crippen molar-refractivity contribution in [3.05, 3.63) is 101 Å². The number of hydrogen-bond acceptors (Lipinski definition) is 6. The largest absolute Gasteiger partial charge is 0.484 e. The molecule has 0 saturated carbocycles. The first-order valence-corrected chi connectivity index (χ1v) is 12.4. The number of hydrogen-bond donors (Lipinski definition) is 1. The minimum Gasteiger partial charge on any atom is -0.484 e. The summed E-state index contributed by atoms with van der Waals surface area (Å²) >= 11 is 0. The first-order valence-electron chi connectivity index (χ1n) is 12.4. The van der Waals surface area contributed by atoms with Crippen molar-refractivity contribution in [2.24, 2.45) is 5.16 Å². The Balaban J connectivity index is 1.32. The van der Waals surface area contributed by atoms with Crippen LogP contribution in [0.15, 0.2) is 84.0 Å². The molecule has 2 amide bonds. The Labute approximate surface area is 221 Å². The molecule has 0 unspecified atom stereocenters. The van der Waals surface area contributed by atoms with Gasteiger partial charge in [-0.15, -0.1) is 0 Å². The molecule has 3 aromatic rings. The normalized spacial score (nSPS) is 13.6. The molecule has 8 nitrogen and oxygen atoms in total. The van der Waals surface area contributed by atoms with Crippen LogP contribution in [0.25, 0.3) is 0 Å². The van der Waals surface area contributed by atoms with Gasteiger partial charge in [0.25, 0.3) is 5.91 Å². The van der Waals surface area contributed by atoms with Crippen molar-refractivity contribution in [2.75, 3.05) is 39.5 Å². The van der Waals surface area contributed by atoms with Gasteiger partial charge in [-0.25, -0.2) is 4.39 Å². The summed E-state index contributed by atoms with van der Waals surface area (Å²) in [6.07, 6.45) is 0.546. The molecule has 0 aromatic heterocycles. The molecular weight excluding hydrogens is 489 g/mol. The first-order chi connectivity index (χ1) is 18.6. The summed E-state index contributed by atoms with van der Waals surface area (Å²) in [7, 11) is 0. The van der Waals surface area contributed by atoms with E-state index in [1.807, 2.05) is 42.5 Å². The summed E-state index contributed by atoms with van der Waals surface area (Å²) < 4.78 is 24.0. The molecule has 198 valence electrons. The lowest BCUT2D eigenvalue weighted by Gasteiger charge is -2.26. The van der Waals surface area contributed by atoms with E-state index in [0.717, 1.165) is 16.7 Å². The number of halogens is 1. The van der Waals surface area contributed by atoms with E-state index in [2.05, 4.69) is 10.5 Å². The maximum absolute atomic E-state index is 13.2. The molecule has 3 aromatic carbocycles. The molecule has 0 bridgehead atoms. The van der Waals surface area contributed by atoms with E-state index < -0.39 is 0 Å². The molecule has 0 aliphatic carbocycles. The highest BCUT2D eigenvalue weighted by Crippen LogP contribution is 2.16. The SMILES string of the molecule is O=C(COc1ccc(C(Cc2ccccc2)=NOCc2ccc(F)cc2)cc1)NCC(=O)N1CCOCC1. The second-order valence-corrected chi connectivity index (χ2v) is 8.68. The number of amides is 2. The molecule has 1 aliphatic heterocycles. The summed E-state index contributed by atoms with van der Waals surface area (Å²) in [5, 5.41) is 6.96. The highest BCUT2D eigenvalue weighted by molar-refractivity contribution is 6.01. The smallest absolute Gasteiger partial charge is 0.258 e. The van der Waals surface area contributed by atoms with E-state index in [1.54, 1.807) is 29.2 Å². The second kappa shape index (κ2) is 13.9. The van der Waals surface area contributed by atoms with Crippen molar-refractivity contribution in [3.8, 4) is 5.75 Å². The predicted molar refractivity (Wildman–Crippen MR) is 140 cm³/mol. The number of nitrogens with one attached hydrogen (secondary N) is 1. The molecule has 38 heavy (non-hydrogen) atoms. The monoisotopic (exact) mass is 519 g/mol. The topological polar surface area (TPSA) is 89.5 Å². The lowest BCUT2D eigenvalue weighted by molar-refractivity contribution is -0.136. The maximum Gasteiger partial charge on any atom is 0.258 e. The van der Waals surface area contributed by atoms with Gasteiger partial charge in [0, 0.05) is 19.5 Å². The van der Waals surface area contributed by atoms with Crippen LogP contribution < -0.4 is 10.1 Å². The van der Waals surface area contributed by atoms with Crippen LogP contribution in [0.3, 0.4) is 0 Å². The van der Waals surface area contributed by atoms with E-state index in [-0.39, 0.29) is 37.4 Å². The number of morpholine rings is 1. The zero-order chi connectivity index (χ0) is 26.6. The van der Waals surface area contributed by atoms with E-state index >= 15 is 0 Å². The summed E-state index contributed by atoms with van der Waals surface area (Å²) in [6, 6.07) is 23.2. The van der Waals surface area contributed by atoms with Crippen molar-refractivity contribution in [1.82, 2.24) is 10.2 Å². The Morgan fingerprint density at radius 1 is 0.921 bits per heavy atom. The molecule has 0 atom stereocenters. The van der Waals surface area contributed by atoms with Gasteiger partial charge in [-0.05, 0) is 53.1 Å². The Morgan fingerprint density at radius 3 is 2.34 bits per heavy atom. The number of benzene rings is 3. The number of nitrogens with zero attached hydrogens (tertiary/aromatic N) is 2. The number of carbonyl (C=O) groups excluding carboxylic acids is 2. The number of carbonyl (C=O) groups is 2. The van der Waals surface area contributed by atoms with Crippen LogP contribution in [-0.2, 0) is 32.2 Å². The van der Waals surface area contributed by atoms with Crippen LogP contribution in [0.5, 0.6) is 5.75 Å².